The van der Waals surface area contributed by atoms with Crippen LogP contribution in [0.25, 0.3) is 11.1 Å². The minimum absolute atomic E-state index is 0.427. The largest absolute Gasteiger partial charge is 0.302 e. The highest BCUT2D eigenvalue weighted by Gasteiger charge is 2.22. The molecule has 0 bridgehead atoms. The zero-order valence-corrected chi connectivity index (χ0v) is 15.0. The van der Waals surface area contributed by atoms with Crippen molar-refractivity contribution in [2.24, 2.45) is 0 Å². The molecule has 1 atom stereocenters. The molecule has 0 N–H and O–H groups in total. The summed E-state index contributed by atoms with van der Waals surface area (Å²) in [6, 6.07) is 27.7. The molecule has 0 spiro atoms. The molecular formula is C24H22N2. The smallest absolute Gasteiger partial charge is 0.0998 e. The molecule has 0 aliphatic carbocycles. The molecule has 0 saturated carbocycles. The fraction of sp³-hybridized carbons (Fsp3) is 0.208. The standard InChI is InChI=1S/C24H22N2/c1-26-14-13-24(18-7-3-2-4-8-18)23-12-11-19(15-21(23)17-26)22-10-6-5-9-20(22)16-25/h2-12,15,24H,13-14,17H2,1H3. The summed E-state index contributed by atoms with van der Waals surface area (Å²) in [4.78, 5) is 2.39. The van der Waals surface area contributed by atoms with E-state index in [1.165, 1.54) is 16.7 Å². The van der Waals surface area contributed by atoms with Crippen LogP contribution in [0.3, 0.4) is 0 Å². The maximum atomic E-state index is 9.44. The van der Waals surface area contributed by atoms with Crippen molar-refractivity contribution in [3.63, 3.8) is 0 Å². The van der Waals surface area contributed by atoms with E-state index < -0.39 is 0 Å². The molecule has 1 heterocycles. The normalized spacial score (nSPS) is 17.2. The maximum Gasteiger partial charge on any atom is 0.0998 e. The van der Waals surface area contributed by atoms with Gasteiger partial charge in [0, 0.05) is 12.5 Å². The molecule has 3 aromatic carbocycles. The van der Waals surface area contributed by atoms with E-state index in [9.17, 15) is 5.26 Å². The molecule has 0 saturated heterocycles. The van der Waals surface area contributed by atoms with E-state index in [1.807, 2.05) is 24.3 Å². The van der Waals surface area contributed by atoms with Crippen LogP contribution >= 0.6 is 0 Å². The van der Waals surface area contributed by atoms with Gasteiger partial charge in [-0.3, -0.25) is 0 Å². The Hall–Kier alpha value is -2.89. The predicted octanol–water partition coefficient (Wildman–Crippen LogP) is 5.19. The third-order valence-corrected chi connectivity index (χ3v) is 5.32. The third kappa shape index (κ3) is 3.14. The van der Waals surface area contributed by atoms with E-state index in [2.05, 4.69) is 66.5 Å². The highest BCUT2D eigenvalue weighted by Crippen LogP contribution is 2.36. The van der Waals surface area contributed by atoms with Crippen LogP contribution in [0.15, 0.2) is 72.8 Å². The molecule has 0 aromatic heterocycles. The summed E-state index contributed by atoms with van der Waals surface area (Å²) >= 11 is 0. The monoisotopic (exact) mass is 338 g/mol. The average molecular weight is 338 g/mol. The predicted molar refractivity (Wildman–Crippen MR) is 106 cm³/mol. The second kappa shape index (κ2) is 7.15. The minimum Gasteiger partial charge on any atom is -0.302 e. The van der Waals surface area contributed by atoms with Crippen LogP contribution in [0.1, 0.15) is 34.6 Å². The highest BCUT2D eigenvalue weighted by molar-refractivity contribution is 5.71. The van der Waals surface area contributed by atoms with Gasteiger partial charge in [-0.25, -0.2) is 0 Å². The quantitative estimate of drug-likeness (QED) is 0.643. The number of hydrogen-bond donors (Lipinski definition) is 0. The summed E-state index contributed by atoms with van der Waals surface area (Å²) < 4.78 is 0. The number of nitriles is 1. The van der Waals surface area contributed by atoms with Crippen LogP contribution in [0.4, 0.5) is 0 Å². The molecule has 0 fully saturated rings. The third-order valence-electron chi connectivity index (χ3n) is 5.32. The van der Waals surface area contributed by atoms with Gasteiger partial charge in [0.2, 0.25) is 0 Å². The molecule has 4 rings (SSSR count). The molecule has 2 heteroatoms. The fourth-order valence-corrected chi connectivity index (χ4v) is 3.99. The highest BCUT2D eigenvalue weighted by atomic mass is 15.1. The summed E-state index contributed by atoms with van der Waals surface area (Å²) in [7, 11) is 2.19. The number of rotatable bonds is 2. The lowest BCUT2D eigenvalue weighted by atomic mass is 9.85. The van der Waals surface area contributed by atoms with Crippen molar-refractivity contribution in [1.82, 2.24) is 4.90 Å². The first-order valence-electron chi connectivity index (χ1n) is 9.12. The zero-order chi connectivity index (χ0) is 17.9. The Morgan fingerprint density at radius 3 is 2.54 bits per heavy atom. The van der Waals surface area contributed by atoms with Gasteiger partial charge in [0.25, 0.3) is 0 Å². The Balaban J connectivity index is 1.82. The lowest BCUT2D eigenvalue weighted by molar-refractivity contribution is 0.328. The molecular weight excluding hydrogens is 316 g/mol. The molecule has 2 nitrogen and oxygen atoms in total. The lowest BCUT2D eigenvalue weighted by Gasteiger charge is -2.19. The van der Waals surface area contributed by atoms with E-state index in [0.29, 0.717) is 5.92 Å². The molecule has 128 valence electrons. The van der Waals surface area contributed by atoms with E-state index in [4.69, 9.17) is 0 Å². The van der Waals surface area contributed by atoms with Crippen molar-refractivity contribution < 1.29 is 0 Å². The van der Waals surface area contributed by atoms with Crippen molar-refractivity contribution in [3.05, 3.63) is 95.1 Å². The molecule has 0 radical (unpaired) electrons. The van der Waals surface area contributed by atoms with Gasteiger partial charge in [-0.2, -0.15) is 5.26 Å². The molecule has 3 aromatic rings. The molecule has 26 heavy (non-hydrogen) atoms. The Labute approximate surface area is 155 Å². The van der Waals surface area contributed by atoms with Gasteiger partial charge in [-0.1, -0.05) is 60.7 Å². The molecule has 1 aliphatic heterocycles. The van der Waals surface area contributed by atoms with Gasteiger partial charge in [0.05, 0.1) is 11.6 Å². The first-order valence-corrected chi connectivity index (χ1v) is 9.12. The van der Waals surface area contributed by atoms with E-state index in [-0.39, 0.29) is 0 Å². The first kappa shape index (κ1) is 16.6. The first-order chi connectivity index (χ1) is 12.8. The summed E-state index contributed by atoms with van der Waals surface area (Å²) in [6.07, 6.45) is 1.13. The summed E-state index contributed by atoms with van der Waals surface area (Å²) in [5.41, 5.74) is 7.04. The van der Waals surface area contributed by atoms with Crippen molar-refractivity contribution in [2.45, 2.75) is 18.9 Å². The Kier molecular flexibility index (Phi) is 4.56. The molecule has 0 amide bonds. The van der Waals surface area contributed by atoms with Crippen LogP contribution in [0, 0.1) is 11.3 Å². The number of nitrogens with zero attached hydrogens (tertiary/aromatic N) is 2. The van der Waals surface area contributed by atoms with Gasteiger partial charge >= 0.3 is 0 Å². The van der Waals surface area contributed by atoms with E-state index >= 15 is 0 Å². The van der Waals surface area contributed by atoms with Crippen LogP contribution in [0.5, 0.6) is 0 Å². The molecule has 1 unspecified atom stereocenters. The van der Waals surface area contributed by atoms with E-state index in [0.717, 1.165) is 36.2 Å². The summed E-state index contributed by atoms with van der Waals surface area (Å²) in [5.74, 6) is 0.427. The van der Waals surface area contributed by atoms with Gasteiger partial charge in [-0.05, 0) is 60.0 Å². The SMILES string of the molecule is CN1CCC(c2ccccc2)c2ccc(-c3ccccc3C#N)cc2C1. The molecule has 1 aliphatic rings. The van der Waals surface area contributed by atoms with Gasteiger partial charge in [0.1, 0.15) is 0 Å². The number of hydrogen-bond acceptors (Lipinski definition) is 2. The second-order valence-corrected chi connectivity index (χ2v) is 7.06. The Morgan fingerprint density at radius 1 is 0.962 bits per heavy atom. The van der Waals surface area contributed by atoms with E-state index in [1.54, 1.807) is 0 Å². The zero-order valence-electron chi connectivity index (χ0n) is 15.0. The van der Waals surface area contributed by atoms with Crippen molar-refractivity contribution in [3.8, 4) is 17.2 Å². The number of benzene rings is 3. The Morgan fingerprint density at radius 2 is 1.73 bits per heavy atom. The van der Waals surface area contributed by atoms with Crippen molar-refractivity contribution in [2.75, 3.05) is 13.6 Å². The van der Waals surface area contributed by atoms with Crippen LogP contribution in [-0.4, -0.2) is 18.5 Å². The van der Waals surface area contributed by atoms with Crippen molar-refractivity contribution >= 4 is 0 Å². The lowest BCUT2D eigenvalue weighted by Crippen LogP contribution is -2.17. The van der Waals surface area contributed by atoms with Crippen molar-refractivity contribution in [1.29, 1.82) is 5.26 Å². The summed E-state index contributed by atoms with van der Waals surface area (Å²) in [5, 5.41) is 9.44. The summed E-state index contributed by atoms with van der Waals surface area (Å²) in [6.45, 7) is 2.03. The second-order valence-electron chi connectivity index (χ2n) is 7.06. The van der Waals surface area contributed by atoms with Gasteiger partial charge in [-0.15, -0.1) is 0 Å². The van der Waals surface area contributed by atoms with Crippen LogP contribution in [0.2, 0.25) is 0 Å². The topological polar surface area (TPSA) is 27.0 Å². The van der Waals surface area contributed by atoms with Crippen LogP contribution in [-0.2, 0) is 6.54 Å². The van der Waals surface area contributed by atoms with Crippen LogP contribution < -0.4 is 0 Å². The number of fused-ring (bicyclic) bond motifs is 1. The Bertz CT molecular complexity index is 953. The average Bonchev–Trinajstić information content (AvgIpc) is 2.86. The fourth-order valence-electron chi connectivity index (χ4n) is 3.99. The maximum absolute atomic E-state index is 9.44. The van der Waals surface area contributed by atoms with Gasteiger partial charge in [0.15, 0.2) is 0 Å². The van der Waals surface area contributed by atoms with Gasteiger partial charge < -0.3 is 4.90 Å². The minimum atomic E-state index is 0.427.